The van der Waals surface area contributed by atoms with E-state index in [1.54, 1.807) is 0 Å². The van der Waals surface area contributed by atoms with Gasteiger partial charge in [0.1, 0.15) is 6.04 Å². The number of esters is 1. The molecule has 1 rings (SSSR count). The predicted molar refractivity (Wildman–Crippen MR) is 69.8 cm³/mol. The van der Waals surface area contributed by atoms with Gasteiger partial charge in [0.2, 0.25) is 5.91 Å². The van der Waals surface area contributed by atoms with E-state index in [0.29, 0.717) is 12.8 Å². The molecule has 0 aromatic carbocycles. The van der Waals surface area contributed by atoms with Gasteiger partial charge in [-0.05, 0) is 18.3 Å². The maximum Gasteiger partial charge on any atom is 0.309 e. The molecular weight excluding hydrogens is 244 g/mol. The zero-order chi connectivity index (χ0) is 14.6. The summed E-state index contributed by atoms with van der Waals surface area (Å²) < 4.78 is 4.73. The number of carbonyl (C=O) groups excluding carboxylic acids is 2. The third-order valence-corrected chi connectivity index (χ3v) is 3.64. The number of nitrogens with one attached hydrogen (secondary N) is 1. The molecule has 1 N–H and O–H groups in total. The number of hydrogen-bond donors (Lipinski definition) is 1. The molecule has 1 aliphatic rings. The zero-order valence-electron chi connectivity index (χ0n) is 12.0. The van der Waals surface area contributed by atoms with Gasteiger partial charge in [-0.15, -0.1) is 0 Å². The number of carbonyl (C=O) groups is 2. The van der Waals surface area contributed by atoms with E-state index in [4.69, 9.17) is 10.00 Å². The topological polar surface area (TPSA) is 79.2 Å². The van der Waals surface area contributed by atoms with E-state index in [1.165, 1.54) is 7.11 Å². The fourth-order valence-electron chi connectivity index (χ4n) is 2.40. The van der Waals surface area contributed by atoms with Crippen LogP contribution in [-0.2, 0) is 14.3 Å². The summed E-state index contributed by atoms with van der Waals surface area (Å²) in [6.45, 7) is 5.69. The molecule has 3 unspecified atom stereocenters. The molecule has 19 heavy (non-hydrogen) atoms. The molecule has 0 aliphatic heterocycles. The Hall–Kier alpha value is -1.57. The fraction of sp³-hybridized carbons (Fsp3) is 0.786. The maximum absolute atomic E-state index is 12.2. The first kappa shape index (κ1) is 15.5. The van der Waals surface area contributed by atoms with Crippen LogP contribution in [-0.4, -0.2) is 25.0 Å². The molecule has 1 amide bonds. The molecule has 1 saturated carbocycles. The van der Waals surface area contributed by atoms with Gasteiger partial charge in [0.25, 0.3) is 0 Å². The van der Waals surface area contributed by atoms with Gasteiger partial charge in [-0.3, -0.25) is 9.59 Å². The lowest BCUT2D eigenvalue weighted by Crippen LogP contribution is -2.46. The lowest BCUT2D eigenvalue weighted by Gasteiger charge is -2.27. The number of rotatable bonds is 3. The Morgan fingerprint density at radius 1 is 1.32 bits per heavy atom. The van der Waals surface area contributed by atoms with E-state index in [0.717, 1.165) is 6.42 Å². The van der Waals surface area contributed by atoms with Crippen molar-refractivity contribution in [2.75, 3.05) is 7.11 Å². The minimum absolute atomic E-state index is 0.214. The van der Waals surface area contributed by atoms with E-state index in [2.05, 4.69) is 11.4 Å². The Balaban J connectivity index is 2.73. The lowest BCUT2D eigenvalue weighted by molar-refractivity contribution is -0.149. The van der Waals surface area contributed by atoms with Gasteiger partial charge in [0.15, 0.2) is 0 Å². The first-order valence-electron chi connectivity index (χ1n) is 6.59. The van der Waals surface area contributed by atoms with Crippen LogP contribution < -0.4 is 5.32 Å². The molecule has 5 nitrogen and oxygen atoms in total. The smallest absolute Gasteiger partial charge is 0.309 e. The molecule has 5 heteroatoms. The summed E-state index contributed by atoms with van der Waals surface area (Å²) in [5, 5.41) is 11.9. The Bertz CT molecular complexity index is 392. The van der Waals surface area contributed by atoms with Crippen LogP contribution in [0.5, 0.6) is 0 Å². The Morgan fingerprint density at radius 3 is 2.37 bits per heavy atom. The number of nitriles is 1. The van der Waals surface area contributed by atoms with Gasteiger partial charge < -0.3 is 10.1 Å². The predicted octanol–water partition coefficient (Wildman–Crippen LogP) is 1.63. The van der Waals surface area contributed by atoms with E-state index in [-0.39, 0.29) is 29.1 Å². The standard InChI is InChI=1S/C14H22N2O3/c1-14(2,3)11(8-15)16-12(17)9-6-5-7-10(9)13(18)19-4/h9-11H,5-7H2,1-4H3,(H,16,17). The summed E-state index contributed by atoms with van der Waals surface area (Å²) in [6, 6.07) is 1.55. The minimum atomic E-state index is -0.557. The highest BCUT2D eigenvalue weighted by atomic mass is 16.5. The van der Waals surface area contributed by atoms with Crippen molar-refractivity contribution in [2.24, 2.45) is 17.3 Å². The van der Waals surface area contributed by atoms with E-state index < -0.39 is 6.04 Å². The minimum Gasteiger partial charge on any atom is -0.469 e. The van der Waals surface area contributed by atoms with Crippen molar-refractivity contribution in [3.05, 3.63) is 0 Å². The van der Waals surface area contributed by atoms with Crippen LogP contribution in [0.3, 0.4) is 0 Å². The van der Waals surface area contributed by atoms with Crippen LogP contribution in [0, 0.1) is 28.6 Å². The second-order valence-electron chi connectivity index (χ2n) is 6.10. The molecule has 106 valence electrons. The van der Waals surface area contributed by atoms with Gasteiger partial charge in [-0.25, -0.2) is 0 Å². The SMILES string of the molecule is COC(=O)C1CCCC1C(=O)NC(C#N)C(C)(C)C. The molecule has 0 bridgehead atoms. The van der Waals surface area contributed by atoms with Crippen molar-refractivity contribution in [3.8, 4) is 6.07 Å². The second-order valence-corrected chi connectivity index (χ2v) is 6.10. The quantitative estimate of drug-likeness (QED) is 0.787. The van der Waals surface area contributed by atoms with E-state index >= 15 is 0 Å². The molecular formula is C14H22N2O3. The molecule has 0 saturated heterocycles. The van der Waals surface area contributed by atoms with Gasteiger partial charge in [-0.1, -0.05) is 27.2 Å². The molecule has 0 aromatic heterocycles. The molecule has 1 aliphatic carbocycles. The van der Waals surface area contributed by atoms with Crippen molar-refractivity contribution in [1.29, 1.82) is 5.26 Å². The Labute approximate surface area is 114 Å². The summed E-state index contributed by atoms with van der Waals surface area (Å²) in [7, 11) is 1.34. The van der Waals surface area contributed by atoms with Gasteiger partial charge in [-0.2, -0.15) is 5.26 Å². The molecule has 1 fully saturated rings. The molecule has 0 aromatic rings. The fourth-order valence-corrected chi connectivity index (χ4v) is 2.40. The normalized spacial score (nSPS) is 24.4. The zero-order valence-corrected chi connectivity index (χ0v) is 12.0. The lowest BCUT2D eigenvalue weighted by atomic mass is 9.86. The maximum atomic E-state index is 12.2. The number of methoxy groups -OCH3 is 1. The monoisotopic (exact) mass is 266 g/mol. The van der Waals surface area contributed by atoms with Crippen molar-refractivity contribution >= 4 is 11.9 Å². The molecule has 0 heterocycles. The molecule has 0 radical (unpaired) electrons. The number of ether oxygens (including phenoxy) is 1. The Kier molecular flexibility index (Phi) is 4.93. The van der Waals surface area contributed by atoms with Crippen LogP contribution >= 0.6 is 0 Å². The first-order valence-corrected chi connectivity index (χ1v) is 6.59. The second kappa shape index (κ2) is 6.05. The summed E-state index contributed by atoms with van der Waals surface area (Å²) in [5.41, 5.74) is -0.330. The average molecular weight is 266 g/mol. The van der Waals surface area contributed by atoms with E-state index in [1.807, 2.05) is 20.8 Å². The summed E-state index contributed by atoms with van der Waals surface area (Å²) in [6.07, 6.45) is 2.19. The summed E-state index contributed by atoms with van der Waals surface area (Å²) in [5.74, 6) is -1.29. The highest BCUT2D eigenvalue weighted by molar-refractivity contribution is 5.86. The highest BCUT2D eigenvalue weighted by Gasteiger charge is 2.40. The number of nitrogens with zero attached hydrogens (tertiary/aromatic N) is 1. The Morgan fingerprint density at radius 2 is 1.89 bits per heavy atom. The van der Waals surface area contributed by atoms with Crippen LogP contribution in [0.1, 0.15) is 40.0 Å². The summed E-state index contributed by atoms with van der Waals surface area (Å²) in [4.78, 5) is 23.8. The van der Waals surface area contributed by atoms with Crippen molar-refractivity contribution in [3.63, 3.8) is 0 Å². The van der Waals surface area contributed by atoms with Crippen LogP contribution in [0.2, 0.25) is 0 Å². The van der Waals surface area contributed by atoms with Crippen molar-refractivity contribution in [1.82, 2.24) is 5.32 Å². The molecule has 0 spiro atoms. The van der Waals surface area contributed by atoms with Crippen LogP contribution in [0.4, 0.5) is 0 Å². The van der Waals surface area contributed by atoms with Crippen LogP contribution in [0.15, 0.2) is 0 Å². The number of amides is 1. The van der Waals surface area contributed by atoms with Crippen molar-refractivity contribution in [2.45, 2.75) is 46.1 Å². The van der Waals surface area contributed by atoms with Crippen molar-refractivity contribution < 1.29 is 14.3 Å². The largest absolute Gasteiger partial charge is 0.469 e. The third kappa shape index (κ3) is 3.69. The first-order chi connectivity index (χ1) is 8.81. The van der Waals surface area contributed by atoms with Gasteiger partial charge in [0.05, 0.1) is 25.0 Å². The van der Waals surface area contributed by atoms with Gasteiger partial charge >= 0.3 is 5.97 Å². The molecule has 3 atom stereocenters. The van der Waals surface area contributed by atoms with E-state index in [9.17, 15) is 9.59 Å². The average Bonchev–Trinajstić information content (AvgIpc) is 2.82. The van der Waals surface area contributed by atoms with Gasteiger partial charge in [0, 0.05) is 0 Å². The highest BCUT2D eigenvalue weighted by Crippen LogP contribution is 2.33. The third-order valence-electron chi connectivity index (χ3n) is 3.64. The van der Waals surface area contributed by atoms with Crippen LogP contribution in [0.25, 0.3) is 0 Å². The summed E-state index contributed by atoms with van der Waals surface area (Å²) >= 11 is 0. The number of hydrogen-bond acceptors (Lipinski definition) is 4.